The summed E-state index contributed by atoms with van der Waals surface area (Å²) in [6.45, 7) is 0.785. The average Bonchev–Trinajstić information content (AvgIpc) is 2.13. The molecule has 9 heavy (non-hydrogen) atoms. The fraction of sp³-hybridized carbons (Fsp3) is 0.800. The van der Waals surface area contributed by atoms with Crippen LogP contribution in [0.1, 0.15) is 0 Å². The first-order valence-corrected chi connectivity index (χ1v) is 2.83. The Bertz CT molecular complexity index is 125. The van der Waals surface area contributed by atoms with E-state index in [4.69, 9.17) is 10.2 Å². The van der Waals surface area contributed by atoms with Crippen LogP contribution in [0, 0.1) is 5.92 Å². The van der Waals surface area contributed by atoms with E-state index in [2.05, 4.69) is 5.32 Å². The van der Waals surface area contributed by atoms with Crippen molar-refractivity contribution in [3.63, 3.8) is 0 Å². The molecule has 1 heterocycles. The third-order valence-corrected chi connectivity index (χ3v) is 1.50. The molecule has 0 aromatic rings. The van der Waals surface area contributed by atoms with Crippen LogP contribution in [-0.2, 0) is 4.79 Å². The zero-order chi connectivity index (χ0) is 6.85. The van der Waals surface area contributed by atoms with Crippen LogP contribution in [0.2, 0.25) is 0 Å². The molecule has 0 aromatic carbocycles. The first kappa shape index (κ1) is 6.51. The SMILES string of the molecule is O=C(O)[C@@H]1CNC[C@H]1O. The third-order valence-electron chi connectivity index (χ3n) is 1.50. The highest BCUT2D eigenvalue weighted by Gasteiger charge is 2.30. The first-order chi connectivity index (χ1) is 4.22. The van der Waals surface area contributed by atoms with Gasteiger partial charge in [0.05, 0.1) is 12.0 Å². The van der Waals surface area contributed by atoms with Crippen molar-refractivity contribution in [1.82, 2.24) is 5.32 Å². The van der Waals surface area contributed by atoms with Crippen LogP contribution < -0.4 is 5.32 Å². The van der Waals surface area contributed by atoms with Crippen LogP contribution in [0.3, 0.4) is 0 Å². The van der Waals surface area contributed by atoms with Gasteiger partial charge >= 0.3 is 5.97 Å². The second-order valence-corrected chi connectivity index (χ2v) is 2.17. The summed E-state index contributed by atoms with van der Waals surface area (Å²) in [6.07, 6.45) is -0.706. The number of hydrogen-bond donors (Lipinski definition) is 3. The molecule has 2 atom stereocenters. The number of rotatable bonds is 1. The molecule has 0 radical (unpaired) electrons. The van der Waals surface area contributed by atoms with Crippen molar-refractivity contribution in [1.29, 1.82) is 0 Å². The van der Waals surface area contributed by atoms with Gasteiger partial charge in [-0.25, -0.2) is 0 Å². The molecular formula is C5H9NO3. The summed E-state index contributed by atoms with van der Waals surface area (Å²) in [5, 5.41) is 20.1. The second-order valence-electron chi connectivity index (χ2n) is 2.17. The Morgan fingerprint density at radius 2 is 2.22 bits per heavy atom. The largest absolute Gasteiger partial charge is 0.481 e. The molecule has 1 aliphatic rings. The summed E-state index contributed by atoms with van der Waals surface area (Å²) in [4.78, 5) is 10.2. The number of aliphatic carboxylic acids is 1. The van der Waals surface area contributed by atoms with Gasteiger partial charge in [-0.15, -0.1) is 0 Å². The fourth-order valence-electron chi connectivity index (χ4n) is 0.917. The maximum atomic E-state index is 10.2. The van der Waals surface area contributed by atoms with E-state index in [0.29, 0.717) is 13.1 Å². The average molecular weight is 131 g/mol. The molecule has 0 unspecified atom stereocenters. The summed E-state index contributed by atoms with van der Waals surface area (Å²) >= 11 is 0. The Balaban J connectivity index is 2.49. The van der Waals surface area contributed by atoms with Gasteiger partial charge in [0.25, 0.3) is 0 Å². The molecule has 1 rings (SSSR count). The van der Waals surface area contributed by atoms with Gasteiger partial charge in [-0.2, -0.15) is 0 Å². The molecule has 1 fully saturated rings. The van der Waals surface area contributed by atoms with E-state index >= 15 is 0 Å². The molecule has 1 aliphatic heterocycles. The number of carboxylic acid groups (broad SMARTS) is 1. The summed E-state index contributed by atoms with van der Waals surface area (Å²) in [7, 11) is 0. The van der Waals surface area contributed by atoms with Crippen LogP contribution in [0.4, 0.5) is 0 Å². The minimum absolute atomic E-state index is 0.385. The van der Waals surface area contributed by atoms with Crippen molar-refractivity contribution in [2.45, 2.75) is 6.10 Å². The van der Waals surface area contributed by atoms with E-state index in [1.165, 1.54) is 0 Å². The predicted molar refractivity (Wildman–Crippen MR) is 30.0 cm³/mol. The lowest BCUT2D eigenvalue weighted by Crippen LogP contribution is -2.25. The van der Waals surface area contributed by atoms with E-state index in [9.17, 15) is 4.79 Å². The molecule has 0 amide bonds. The number of carboxylic acids is 1. The molecular weight excluding hydrogens is 122 g/mol. The number of hydrogen-bond acceptors (Lipinski definition) is 3. The van der Waals surface area contributed by atoms with Crippen molar-refractivity contribution in [2.24, 2.45) is 5.92 Å². The maximum absolute atomic E-state index is 10.2. The Morgan fingerprint density at radius 3 is 2.44 bits per heavy atom. The Morgan fingerprint density at radius 1 is 1.56 bits per heavy atom. The van der Waals surface area contributed by atoms with Gasteiger partial charge in [0.1, 0.15) is 0 Å². The molecule has 52 valence electrons. The molecule has 3 N–H and O–H groups in total. The van der Waals surface area contributed by atoms with Crippen LogP contribution in [0.15, 0.2) is 0 Å². The summed E-state index contributed by atoms with van der Waals surface area (Å²) in [5.74, 6) is -1.53. The first-order valence-electron chi connectivity index (χ1n) is 2.83. The minimum Gasteiger partial charge on any atom is -0.481 e. The van der Waals surface area contributed by atoms with Crippen LogP contribution in [0.5, 0.6) is 0 Å². The lowest BCUT2D eigenvalue weighted by molar-refractivity contribution is -0.143. The molecule has 0 aliphatic carbocycles. The van der Waals surface area contributed by atoms with Crippen LogP contribution in [0.25, 0.3) is 0 Å². The van der Waals surface area contributed by atoms with E-state index in [0.717, 1.165) is 0 Å². The molecule has 0 aromatic heterocycles. The minimum atomic E-state index is -0.924. The zero-order valence-corrected chi connectivity index (χ0v) is 4.87. The lowest BCUT2D eigenvalue weighted by Gasteiger charge is -2.05. The topological polar surface area (TPSA) is 69.6 Å². The Labute approximate surface area is 52.5 Å². The number of aliphatic hydroxyl groups excluding tert-OH is 1. The monoisotopic (exact) mass is 131 g/mol. The number of aliphatic hydroxyl groups is 1. The highest BCUT2D eigenvalue weighted by atomic mass is 16.4. The Hall–Kier alpha value is -0.610. The van der Waals surface area contributed by atoms with E-state index in [1.807, 2.05) is 0 Å². The predicted octanol–water partition coefficient (Wildman–Crippen LogP) is -1.35. The zero-order valence-electron chi connectivity index (χ0n) is 4.87. The highest BCUT2D eigenvalue weighted by Crippen LogP contribution is 2.07. The van der Waals surface area contributed by atoms with Gasteiger partial charge in [0.2, 0.25) is 0 Å². The molecule has 4 nitrogen and oxygen atoms in total. The summed E-state index contributed by atoms with van der Waals surface area (Å²) < 4.78 is 0. The Kier molecular flexibility index (Phi) is 1.68. The number of carbonyl (C=O) groups is 1. The van der Waals surface area contributed by atoms with Crippen LogP contribution >= 0.6 is 0 Å². The maximum Gasteiger partial charge on any atom is 0.310 e. The second kappa shape index (κ2) is 2.33. The number of β-amino-alcohol motifs (C(OH)–C–C–N with tert-alkyl or cyclic N) is 1. The van der Waals surface area contributed by atoms with Crippen molar-refractivity contribution < 1.29 is 15.0 Å². The van der Waals surface area contributed by atoms with Crippen molar-refractivity contribution in [2.75, 3.05) is 13.1 Å². The standard InChI is InChI=1S/C5H9NO3/c7-4-2-6-1-3(4)5(8)9/h3-4,6-7H,1-2H2,(H,8,9)/t3-,4-/m1/s1. The highest BCUT2D eigenvalue weighted by molar-refractivity contribution is 5.71. The normalized spacial score (nSPS) is 34.8. The smallest absolute Gasteiger partial charge is 0.310 e. The van der Waals surface area contributed by atoms with E-state index in [-0.39, 0.29) is 0 Å². The van der Waals surface area contributed by atoms with E-state index < -0.39 is 18.0 Å². The van der Waals surface area contributed by atoms with Gasteiger partial charge < -0.3 is 15.5 Å². The summed E-state index contributed by atoms with van der Waals surface area (Å²) in [6, 6.07) is 0. The molecule has 0 saturated carbocycles. The van der Waals surface area contributed by atoms with Gasteiger partial charge in [-0.05, 0) is 0 Å². The third kappa shape index (κ3) is 1.20. The van der Waals surface area contributed by atoms with Gasteiger partial charge in [0.15, 0.2) is 0 Å². The van der Waals surface area contributed by atoms with Crippen LogP contribution in [-0.4, -0.2) is 35.4 Å². The van der Waals surface area contributed by atoms with Gasteiger partial charge in [0, 0.05) is 13.1 Å². The fourth-order valence-corrected chi connectivity index (χ4v) is 0.917. The van der Waals surface area contributed by atoms with Crippen molar-refractivity contribution in [3.8, 4) is 0 Å². The van der Waals surface area contributed by atoms with Crippen molar-refractivity contribution in [3.05, 3.63) is 0 Å². The van der Waals surface area contributed by atoms with Crippen molar-refractivity contribution >= 4 is 5.97 Å². The van der Waals surface area contributed by atoms with Gasteiger partial charge in [-0.3, -0.25) is 4.79 Å². The van der Waals surface area contributed by atoms with Gasteiger partial charge in [-0.1, -0.05) is 0 Å². The number of nitrogens with one attached hydrogen (secondary N) is 1. The summed E-state index contributed by atoms with van der Waals surface area (Å²) in [5.41, 5.74) is 0. The molecule has 1 saturated heterocycles. The van der Waals surface area contributed by atoms with E-state index in [1.54, 1.807) is 0 Å². The molecule has 0 bridgehead atoms. The molecule has 0 spiro atoms. The molecule has 4 heteroatoms. The lowest BCUT2D eigenvalue weighted by atomic mass is 10.1. The quantitative estimate of drug-likeness (QED) is 0.411.